The van der Waals surface area contributed by atoms with Crippen molar-refractivity contribution in [2.75, 3.05) is 9.80 Å². The molecule has 11 aromatic carbocycles. The van der Waals surface area contributed by atoms with Crippen molar-refractivity contribution in [1.82, 2.24) is 0 Å². The number of benzene rings is 11. The molecule has 2 heteroatoms. The molecule has 0 saturated heterocycles. The lowest BCUT2D eigenvalue weighted by molar-refractivity contribution is 1.29. The van der Waals surface area contributed by atoms with Crippen molar-refractivity contribution in [2.24, 2.45) is 0 Å². The first kappa shape index (κ1) is 38.5. The van der Waals surface area contributed by atoms with Gasteiger partial charge in [0.15, 0.2) is 0 Å². The molecule has 0 aliphatic rings. The summed E-state index contributed by atoms with van der Waals surface area (Å²) in [7, 11) is 0. The van der Waals surface area contributed by atoms with Crippen LogP contribution in [-0.2, 0) is 0 Å². The number of hydrogen-bond acceptors (Lipinski definition) is 2. The lowest BCUT2D eigenvalue weighted by Crippen LogP contribution is -2.09. The number of anilines is 6. The minimum atomic E-state index is 1.12. The van der Waals surface area contributed by atoms with Gasteiger partial charge in [-0.2, -0.15) is 0 Å². The van der Waals surface area contributed by atoms with Gasteiger partial charge in [-0.3, -0.25) is 0 Å². The third-order valence-corrected chi connectivity index (χ3v) is 12.2. The fraction of sp³-hybridized carbons (Fsp3) is 0. The van der Waals surface area contributed by atoms with Crippen molar-refractivity contribution >= 4 is 55.7 Å². The molecule has 0 amide bonds. The van der Waals surface area contributed by atoms with Gasteiger partial charge < -0.3 is 9.80 Å². The maximum atomic E-state index is 2.38. The van der Waals surface area contributed by atoms with Crippen LogP contribution >= 0.6 is 0 Å². The van der Waals surface area contributed by atoms with Crippen molar-refractivity contribution < 1.29 is 0 Å². The Balaban J connectivity index is 1.09. The van der Waals surface area contributed by atoms with Crippen molar-refractivity contribution in [1.29, 1.82) is 0 Å². The van der Waals surface area contributed by atoms with Crippen molar-refractivity contribution in [3.63, 3.8) is 0 Å². The summed E-state index contributed by atoms with van der Waals surface area (Å²) in [4.78, 5) is 4.65. The van der Waals surface area contributed by atoms with E-state index in [2.05, 4.69) is 277 Å². The van der Waals surface area contributed by atoms with E-state index in [-0.39, 0.29) is 0 Å². The SMILES string of the molecule is c1ccc(-c2ccc(-c3ccccc3)c(-c3ccc4cc(N(c5ccccc5)c5ccccc5)ccc4c3)c2-c2ccc3cc(N(c4ccccc4)c4ccccc4)ccc3c2)cc1. The predicted molar refractivity (Wildman–Crippen MR) is 273 cm³/mol. The van der Waals surface area contributed by atoms with E-state index in [1.165, 1.54) is 66.1 Å². The Bertz CT molecular complexity index is 3040. The van der Waals surface area contributed by atoms with E-state index in [1.54, 1.807) is 0 Å². The van der Waals surface area contributed by atoms with E-state index in [9.17, 15) is 0 Å². The molecule has 0 spiro atoms. The summed E-state index contributed by atoms with van der Waals surface area (Å²) < 4.78 is 0. The van der Waals surface area contributed by atoms with Crippen molar-refractivity contribution in [3.05, 3.63) is 267 Å². The zero-order valence-electron chi connectivity index (χ0n) is 35.3. The molecule has 0 atom stereocenters. The maximum absolute atomic E-state index is 2.38. The first-order chi connectivity index (χ1) is 31.7. The van der Waals surface area contributed by atoms with Gasteiger partial charge in [0.2, 0.25) is 0 Å². The number of nitrogens with zero attached hydrogens (tertiary/aromatic N) is 2. The van der Waals surface area contributed by atoms with Gasteiger partial charge >= 0.3 is 0 Å². The van der Waals surface area contributed by atoms with Gasteiger partial charge in [0.05, 0.1) is 0 Å². The lowest BCUT2D eigenvalue weighted by atomic mass is 9.82. The van der Waals surface area contributed by atoms with Gasteiger partial charge in [-0.15, -0.1) is 0 Å². The Hall–Kier alpha value is -8.46. The molecule has 0 fully saturated rings. The summed E-state index contributed by atoms with van der Waals surface area (Å²) in [6.45, 7) is 0. The molecule has 0 aliphatic heterocycles. The molecule has 2 nitrogen and oxygen atoms in total. The lowest BCUT2D eigenvalue weighted by Gasteiger charge is -2.26. The number of hydrogen-bond donors (Lipinski definition) is 0. The third kappa shape index (κ3) is 7.48. The Labute approximate surface area is 375 Å². The predicted octanol–water partition coefficient (Wildman–Crippen LogP) is 17.6. The first-order valence-electron chi connectivity index (χ1n) is 21.9. The zero-order chi connectivity index (χ0) is 42.7. The van der Waals surface area contributed by atoms with Crippen molar-refractivity contribution in [3.8, 4) is 44.5 Å². The molecule has 302 valence electrons. The van der Waals surface area contributed by atoms with Gasteiger partial charge in [0.1, 0.15) is 0 Å². The Morgan fingerprint density at radius 3 is 0.797 bits per heavy atom. The van der Waals surface area contributed by atoms with Crippen LogP contribution in [0, 0.1) is 0 Å². The second kappa shape index (κ2) is 17.1. The van der Waals surface area contributed by atoms with Gasteiger partial charge in [-0.25, -0.2) is 0 Å². The highest BCUT2D eigenvalue weighted by Crippen LogP contribution is 2.47. The Morgan fingerprint density at radius 1 is 0.188 bits per heavy atom. The smallest absolute Gasteiger partial charge is 0.0468 e. The minimum absolute atomic E-state index is 1.12. The standard InChI is InChI=1S/C62H44N2/c1-7-19-45(20-8-1)59-39-40-60(46-21-9-2-10-22-46)62(52-34-32-50-44-58(38-36-48(50)42-52)64(55-27-15-5-16-28-55)56-29-17-6-18-30-56)61(59)51-33-31-49-43-57(37-35-47(49)41-51)63(53-23-11-3-12-24-53)54-25-13-4-14-26-54/h1-44H. The van der Waals surface area contributed by atoms with Crippen LogP contribution in [0.2, 0.25) is 0 Å². The molecular weight excluding hydrogens is 773 g/mol. The summed E-state index contributed by atoms with van der Waals surface area (Å²) >= 11 is 0. The van der Waals surface area contributed by atoms with Crippen LogP contribution in [0.5, 0.6) is 0 Å². The van der Waals surface area contributed by atoms with E-state index in [1.807, 2.05) is 0 Å². The first-order valence-corrected chi connectivity index (χ1v) is 21.9. The second-order valence-electron chi connectivity index (χ2n) is 16.1. The third-order valence-electron chi connectivity index (χ3n) is 12.2. The topological polar surface area (TPSA) is 6.48 Å². The summed E-state index contributed by atoms with van der Waals surface area (Å²) in [5.41, 5.74) is 16.2. The van der Waals surface area contributed by atoms with Gasteiger partial charge in [-0.05, 0) is 151 Å². The summed E-state index contributed by atoms with van der Waals surface area (Å²) in [6, 6.07) is 96.4. The average Bonchev–Trinajstić information content (AvgIpc) is 3.37. The quantitative estimate of drug-likeness (QED) is 0.136. The summed E-state index contributed by atoms with van der Waals surface area (Å²) in [5, 5.41) is 4.73. The van der Waals surface area contributed by atoms with Crippen LogP contribution in [0.25, 0.3) is 66.1 Å². The fourth-order valence-electron chi connectivity index (χ4n) is 9.18. The molecule has 0 aliphatic carbocycles. The van der Waals surface area contributed by atoms with Gasteiger partial charge in [0, 0.05) is 34.1 Å². The zero-order valence-corrected chi connectivity index (χ0v) is 35.3. The van der Waals surface area contributed by atoms with Crippen LogP contribution in [0.3, 0.4) is 0 Å². The molecule has 0 unspecified atom stereocenters. The molecule has 11 aromatic rings. The molecule has 0 saturated carbocycles. The molecule has 0 radical (unpaired) electrons. The minimum Gasteiger partial charge on any atom is -0.310 e. The van der Waals surface area contributed by atoms with Crippen LogP contribution < -0.4 is 9.80 Å². The highest BCUT2D eigenvalue weighted by Gasteiger charge is 2.21. The molecule has 0 heterocycles. The molecule has 0 bridgehead atoms. The number of rotatable bonds is 10. The second-order valence-corrected chi connectivity index (χ2v) is 16.1. The summed E-state index contributed by atoms with van der Waals surface area (Å²) in [5.74, 6) is 0. The number of para-hydroxylation sites is 4. The van der Waals surface area contributed by atoms with Crippen LogP contribution in [0.1, 0.15) is 0 Å². The van der Waals surface area contributed by atoms with E-state index in [0.29, 0.717) is 0 Å². The molecule has 64 heavy (non-hydrogen) atoms. The van der Waals surface area contributed by atoms with Crippen LogP contribution in [-0.4, -0.2) is 0 Å². The molecular formula is C62H44N2. The van der Waals surface area contributed by atoms with E-state index in [0.717, 1.165) is 34.1 Å². The molecule has 0 N–H and O–H groups in total. The Morgan fingerprint density at radius 2 is 0.469 bits per heavy atom. The molecule has 0 aromatic heterocycles. The van der Waals surface area contributed by atoms with E-state index >= 15 is 0 Å². The van der Waals surface area contributed by atoms with E-state index in [4.69, 9.17) is 0 Å². The van der Waals surface area contributed by atoms with Gasteiger partial charge in [-0.1, -0.05) is 182 Å². The number of fused-ring (bicyclic) bond motifs is 2. The fourth-order valence-corrected chi connectivity index (χ4v) is 9.18. The molecule has 11 rings (SSSR count). The van der Waals surface area contributed by atoms with Crippen LogP contribution in [0.15, 0.2) is 267 Å². The van der Waals surface area contributed by atoms with E-state index < -0.39 is 0 Å². The summed E-state index contributed by atoms with van der Waals surface area (Å²) in [6.07, 6.45) is 0. The van der Waals surface area contributed by atoms with Crippen molar-refractivity contribution in [2.45, 2.75) is 0 Å². The van der Waals surface area contributed by atoms with Crippen LogP contribution in [0.4, 0.5) is 34.1 Å². The largest absolute Gasteiger partial charge is 0.310 e. The normalized spacial score (nSPS) is 11.1. The van der Waals surface area contributed by atoms with Gasteiger partial charge in [0.25, 0.3) is 0 Å². The Kier molecular flexibility index (Phi) is 10.3. The monoisotopic (exact) mass is 816 g/mol. The highest BCUT2D eigenvalue weighted by molar-refractivity contribution is 6.05. The average molecular weight is 817 g/mol. The highest BCUT2D eigenvalue weighted by atomic mass is 15.1. The maximum Gasteiger partial charge on any atom is 0.0468 e.